The summed E-state index contributed by atoms with van der Waals surface area (Å²) in [7, 11) is -2.34. The number of nitrogens with zero attached hydrogens (tertiary/aromatic N) is 1. The van der Waals surface area contributed by atoms with Crippen molar-refractivity contribution in [1.29, 1.82) is 0 Å². The molecule has 0 aromatic carbocycles. The Bertz CT molecular complexity index is 884. The van der Waals surface area contributed by atoms with E-state index in [1.165, 1.54) is 10.8 Å². The lowest BCUT2D eigenvalue weighted by molar-refractivity contribution is -0.199. The van der Waals surface area contributed by atoms with Crippen molar-refractivity contribution in [3.63, 3.8) is 0 Å². The van der Waals surface area contributed by atoms with Gasteiger partial charge < -0.3 is 19.0 Å². The van der Waals surface area contributed by atoms with Crippen LogP contribution in [0.3, 0.4) is 0 Å². The largest absolute Gasteiger partial charge is 0.479 e. The number of H-pyrrole nitrogens is 1. The van der Waals surface area contributed by atoms with Gasteiger partial charge in [0.15, 0.2) is 14.5 Å². The second kappa shape index (κ2) is 6.13. The summed E-state index contributed by atoms with van der Waals surface area (Å²) in [5.74, 6) is -1.19. The number of carboxylic acid groups (broad SMARTS) is 1. The molecule has 1 unspecified atom stereocenters. The van der Waals surface area contributed by atoms with Gasteiger partial charge in [-0.05, 0) is 25.1 Å². The molecule has 1 aromatic heterocycles. The lowest BCUT2D eigenvalue weighted by Gasteiger charge is -2.39. The van der Waals surface area contributed by atoms with Crippen molar-refractivity contribution in [2.45, 2.75) is 69.9 Å². The Hall–Kier alpha value is -1.75. The molecule has 3 rings (SSSR count). The highest BCUT2D eigenvalue weighted by Gasteiger charge is 2.68. The number of carboxylic acids is 1. The predicted molar refractivity (Wildman–Crippen MR) is 98.4 cm³/mol. The van der Waals surface area contributed by atoms with Crippen molar-refractivity contribution >= 4 is 14.3 Å². The molecule has 2 saturated heterocycles. The monoisotopic (exact) mass is 398 g/mol. The third-order valence-electron chi connectivity index (χ3n) is 5.87. The van der Waals surface area contributed by atoms with Crippen LogP contribution in [0.5, 0.6) is 0 Å². The van der Waals surface area contributed by atoms with Gasteiger partial charge in [-0.25, -0.2) is 9.59 Å². The van der Waals surface area contributed by atoms with Crippen LogP contribution in [0.25, 0.3) is 0 Å². The molecule has 2 aliphatic heterocycles. The number of hydrogen-bond donors (Lipinski definition) is 2. The Labute approximate surface area is 157 Å². The van der Waals surface area contributed by atoms with Gasteiger partial charge in [-0.2, -0.15) is 0 Å². The fraction of sp³-hybridized carbons (Fsp3) is 0.706. The number of nitrogens with one attached hydrogen (secondary N) is 1. The average molecular weight is 398 g/mol. The van der Waals surface area contributed by atoms with E-state index >= 15 is 0 Å². The minimum atomic E-state index is -2.34. The first-order chi connectivity index (χ1) is 12.3. The quantitative estimate of drug-likeness (QED) is 0.726. The Balaban J connectivity index is 2.04. The summed E-state index contributed by atoms with van der Waals surface area (Å²) >= 11 is 0. The summed E-state index contributed by atoms with van der Waals surface area (Å²) in [5, 5.41) is 9.74. The summed E-state index contributed by atoms with van der Waals surface area (Å²) < 4.78 is 19.1. The molecule has 2 bridgehead atoms. The SMILES string of the molecule is Cc1cn([C@@H]2O[C@@]3(C(=O)O)COC2[C@H]3O[Si](C)(C)C(C)(C)C)c(=O)[nH]c1=O. The maximum Gasteiger partial charge on any atom is 0.341 e. The van der Waals surface area contributed by atoms with Gasteiger partial charge in [0.05, 0.1) is 6.61 Å². The highest BCUT2D eigenvalue weighted by Crippen LogP contribution is 2.49. The van der Waals surface area contributed by atoms with Gasteiger partial charge in [0.1, 0.15) is 12.2 Å². The van der Waals surface area contributed by atoms with Crippen LogP contribution >= 0.6 is 0 Å². The average Bonchev–Trinajstić information content (AvgIpc) is 3.03. The van der Waals surface area contributed by atoms with E-state index in [0.29, 0.717) is 5.56 Å². The molecule has 2 fully saturated rings. The van der Waals surface area contributed by atoms with Gasteiger partial charge >= 0.3 is 11.7 Å². The van der Waals surface area contributed by atoms with E-state index in [4.69, 9.17) is 13.9 Å². The number of hydrogen-bond acceptors (Lipinski definition) is 6. The molecule has 3 heterocycles. The zero-order valence-corrected chi connectivity index (χ0v) is 17.4. The van der Waals surface area contributed by atoms with E-state index in [1.54, 1.807) is 6.92 Å². The lowest BCUT2D eigenvalue weighted by Crippen LogP contribution is -2.54. The van der Waals surface area contributed by atoms with Crippen LogP contribution in [-0.2, 0) is 18.7 Å². The predicted octanol–water partition coefficient (Wildman–Crippen LogP) is 0.986. The van der Waals surface area contributed by atoms with Gasteiger partial charge in [0.2, 0.25) is 5.60 Å². The molecule has 0 amide bonds. The summed E-state index contributed by atoms with van der Waals surface area (Å²) in [6.45, 7) is 11.6. The van der Waals surface area contributed by atoms with E-state index in [0.717, 1.165) is 0 Å². The zero-order chi connectivity index (χ0) is 20.4. The number of aromatic amines is 1. The normalized spacial score (nSPS) is 30.7. The molecule has 0 radical (unpaired) electrons. The number of carbonyl (C=O) groups is 1. The minimum Gasteiger partial charge on any atom is -0.479 e. The molecule has 9 nitrogen and oxygen atoms in total. The molecule has 2 aliphatic rings. The van der Waals surface area contributed by atoms with Crippen molar-refractivity contribution in [1.82, 2.24) is 9.55 Å². The maximum absolute atomic E-state index is 12.3. The number of aryl methyl sites for hydroxylation is 1. The molecule has 2 N–H and O–H groups in total. The number of fused-ring (bicyclic) bond motifs is 2. The third kappa shape index (κ3) is 3.00. The summed E-state index contributed by atoms with van der Waals surface area (Å²) in [6.07, 6.45) is -1.25. The first-order valence-corrected chi connectivity index (χ1v) is 11.7. The van der Waals surface area contributed by atoms with Crippen molar-refractivity contribution < 1.29 is 23.8 Å². The first-order valence-electron chi connectivity index (χ1n) is 8.83. The molecule has 0 spiro atoms. The Morgan fingerprint density at radius 3 is 2.59 bits per heavy atom. The summed E-state index contributed by atoms with van der Waals surface area (Å²) in [6, 6.07) is 0. The molecular formula is C17H26N2O7Si. The lowest BCUT2D eigenvalue weighted by atomic mass is 10.00. The zero-order valence-electron chi connectivity index (χ0n) is 16.4. The second-order valence-electron chi connectivity index (χ2n) is 8.76. The van der Waals surface area contributed by atoms with Gasteiger partial charge in [0.25, 0.3) is 5.56 Å². The molecule has 0 saturated carbocycles. The second-order valence-corrected chi connectivity index (χ2v) is 13.5. The van der Waals surface area contributed by atoms with Crippen molar-refractivity contribution in [2.75, 3.05) is 6.61 Å². The Morgan fingerprint density at radius 1 is 1.41 bits per heavy atom. The van der Waals surface area contributed by atoms with Crippen LogP contribution < -0.4 is 11.2 Å². The molecule has 10 heteroatoms. The van der Waals surface area contributed by atoms with E-state index in [-0.39, 0.29) is 11.6 Å². The van der Waals surface area contributed by atoms with E-state index in [1.807, 2.05) is 13.1 Å². The minimum absolute atomic E-state index is 0.143. The number of aliphatic carboxylic acids is 1. The van der Waals surface area contributed by atoms with E-state index in [9.17, 15) is 19.5 Å². The van der Waals surface area contributed by atoms with Crippen LogP contribution in [0.4, 0.5) is 0 Å². The van der Waals surface area contributed by atoms with Gasteiger partial charge in [-0.15, -0.1) is 0 Å². The van der Waals surface area contributed by atoms with Crippen LogP contribution in [0.15, 0.2) is 15.8 Å². The molecule has 4 atom stereocenters. The maximum atomic E-state index is 12.3. The fourth-order valence-corrected chi connectivity index (χ4v) is 4.46. The van der Waals surface area contributed by atoms with Crippen molar-refractivity contribution in [3.05, 3.63) is 32.6 Å². The topological polar surface area (TPSA) is 120 Å². The highest BCUT2D eigenvalue weighted by molar-refractivity contribution is 6.74. The van der Waals surface area contributed by atoms with Gasteiger partial charge in [0, 0.05) is 11.8 Å². The molecule has 27 heavy (non-hydrogen) atoms. The molecule has 150 valence electrons. The fourth-order valence-electron chi connectivity index (χ4n) is 3.15. The summed E-state index contributed by atoms with van der Waals surface area (Å²) in [5.41, 5.74) is -2.55. The molecule has 1 aromatic rings. The first kappa shape index (κ1) is 20.0. The van der Waals surface area contributed by atoms with Crippen LogP contribution in [-0.4, -0.2) is 53.4 Å². The van der Waals surface area contributed by atoms with Crippen molar-refractivity contribution in [3.8, 4) is 0 Å². The van der Waals surface area contributed by atoms with Crippen LogP contribution in [0.1, 0.15) is 32.6 Å². The third-order valence-corrected chi connectivity index (χ3v) is 10.3. The van der Waals surface area contributed by atoms with Crippen LogP contribution in [0.2, 0.25) is 18.1 Å². The number of rotatable bonds is 4. The Morgan fingerprint density at radius 2 is 2.04 bits per heavy atom. The molecular weight excluding hydrogens is 372 g/mol. The standard InChI is InChI=1S/C17H26N2O7Si/c1-9-7-19(15(23)18-12(9)20)13-10-11(26-27(5,6)16(2,3)4)17(25-13,8-24-10)14(21)22/h7,10-11,13H,8H2,1-6H3,(H,21,22)(H,18,20,23)/t10?,11-,13-,17+/m1/s1. The smallest absolute Gasteiger partial charge is 0.341 e. The van der Waals surface area contributed by atoms with E-state index in [2.05, 4.69) is 25.8 Å². The van der Waals surface area contributed by atoms with Gasteiger partial charge in [-0.3, -0.25) is 14.3 Å². The summed E-state index contributed by atoms with van der Waals surface area (Å²) in [4.78, 5) is 38.2. The van der Waals surface area contributed by atoms with Crippen LogP contribution in [0, 0.1) is 6.92 Å². The van der Waals surface area contributed by atoms with E-state index < -0.39 is 49.6 Å². The van der Waals surface area contributed by atoms with Crippen molar-refractivity contribution in [2.24, 2.45) is 0 Å². The Kier molecular flexibility index (Phi) is 4.54. The number of ether oxygens (including phenoxy) is 2. The number of aromatic nitrogens is 2. The van der Waals surface area contributed by atoms with Gasteiger partial charge in [-0.1, -0.05) is 20.8 Å². The highest BCUT2D eigenvalue weighted by atomic mass is 28.4. The molecule has 0 aliphatic carbocycles.